The highest BCUT2D eigenvalue weighted by Gasteiger charge is 2.20. The molecule has 0 spiro atoms. The van der Waals surface area contributed by atoms with Gasteiger partial charge < -0.3 is 10.1 Å². The third-order valence-corrected chi connectivity index (χ3v) is 4.45. The van der Waals surface area contributed by atoms with Crippen molar-refractivity contribution in [3.05, 3.63) is 29.3 Å². The number of aryl methyl sites for hydroxylation is 2. The predicted molar refractivity (Wildman–Crippen MR) is 90.3 cm³/mol. The van der Waals surface area contributed by atoms with Gasteiger partial charge in [0.15, 0.2) is 6.10 Å². The Morgan fingerprint density at radius 1 is 1.14 bits per heavy atom. The molecule has 1 aromatic rings. The average Bonchev–Trinajstić information content (AvgIpc) is 2.44. The molecule has 3 nitrogen and oxygen atoms in total. The summed E-state index contributed by atoms with van der Waals surface area (Å²) in [6, 6.07) is 6.36. The summed E-state index contributed by atoms with van der Waals surface area (Å²) < 4.78 is 5.85. The first-order chi connectivity index (χ1) is 10.6. The highest BCUT2D eigenvalue weighted by Crippen LogP contribution is 2.21. The molecule has 0 aromatic heterocycles. The number of carbonyl (C=O) groups excluding carboxylic acids is 1. The van der Waals surface area contributed by atoms with E-state index in [1.165, 1.54) is 37.7 Å². The fourth-order valence-electron chi connectivity index (χ4n) is 3.09. The van der Waals surface area contributed by atoms with Crippen LogP contribution in [0.4, 0.5) is 0 Å². The van der Waals surface area contributed by atoms with Crippen LogP contribution in [0, 0.1) is 13.8 Å². The molecule has 0 radical (unpaired) electrons. The topological polar surface area (TPSA) is 38.3 Å². The molecule has 1 aliphatic carbocycles. The van der Waals surface area contributed by atoms with Crippen LogP contribution in [0.1, 0.15) is 63.0 Å². The summed E-state index contributed by atoms with van der Waals surface area (Å²) in [6.07, 6.45) is 8.11. The maximum absolute atomic E-state index is 12.4. The number of amides is 1. The molecule has 0 heterocycles. The van der Waals surface area contributed by atoms with Gasteiger partial charge in [-0.25, -0.2) is 0 Å². The lowest BCUT2D eigenvalue weighted by Crippen LogP contribution is -2.42. The van der Waals surface area contributed by atoms with Crippen molar-refractivity contribution in [2.75, 3.05) is 0 Å². The number of hydrogen-bond donors (Lipinski definition) is 1. The summed E-state index contributed by atoms with van der Waals surface area (Å²) in [7, 11) is 0. The molecule has 0 unspecified atom stereocenters. The molecule has 1 fully saturated rings. The van der Waals surface area contributed by atoms with E-state index in [1.807, 2.05) is 26.0 Å². The lowest BCUT2D eigenvalue weighted by Gasteiger charge is -2.23. The third kappa shape index (κ3) is 5.04. The zero-order valence-electron chi connectivity index (χ0n) is 14.2. The molecule has 1 saturated carbocycles. The highest BCUT2D eigenvalue weighted by atomic mass is 16.5. The highest BCUT2D eigenvalue weighted by molar-refractivity contribution is 5.81. The van der Waals surface area contributed by atoms with E-state index in [0.29, 0.717) is 6.04 Å². The fourth-order valence-corrected chi connectivity index (χ4v) is 3.09. The molecule has 2 rings (SSSR count). The van der Waals surface area contributed by atoms with Crippen LogP contribution >= 0.6 is 0 Å². The van der Waals surface area contributed by atoms with Gasteiger partial charge in [0.05, 0.1) is 0 Å². The first kappa shape index (κ1) is 16.9. The number of carbonyl (C=O) groups is 1. The number of ether oxygens (including phenoxy) is 1. The van der Waals surface area contributed by atoms with E-state index >= 15 is 0 Å². The minimum atomic E-state index is -0.452. The van der Waals surface area contributed by atoms with Crippen molar-refractivity contribution in [3.63, 3.8) is 0 Å². The Labute approximate surface area is 134 Å². The second-order valence-corrected chi connectivity index (χ2v) is 6.58. The smallest absolute Gasteiger partial charge is 0.260 e. The molecule has 0 saturated heterocycles. The van der Waals surface area contributed by atoms with Gasteiger partial charge >= 0.3 is 0 Å². The van der Waals surface area contributed by atoms with Crippen molar-refractivity contribution < 1.29 is 9.53 Å². The second-order valence-electron chi connectivity index (χ2n) is 6.58. The standard InChI is InChI=1S/C19H29NO2/c1-14-11-12-18(15(2)13-14)22-16(3)19(21)20-17-9-7-5-4-6-8-10-17/h11-13,16-17H,4-10H2,1-3H3,(H,20,21)/t16-/m1/s1. The molecule has 1 N–H and O–H groups in total. The minimum Gasteiger partial charge on any atom is -0.481 e. The molecule has 1 aliphatic rings. The molecule has 3 heteroatoms. The van der Waals surface area contributed by atoms with E-state index in [0.717, 1.165) is 24.2 Å². The van der Waals surface area contributed by atoms with Crippen LogP contribution in [-0.2, 0) is 4.79 Å². The molecular formula is C19H29NO2. The van der Waals surface area contributed by atoms with Crippen LogP contribution < -0.4 is 10.1 Å². The zero-order chi connectivity index (χ0) is 15.9. The molecule has 122 valence electrons. The van der Waals surface area contributed by atoms with Crippen LogP contribution in [0.15, 0.2) is 18.2 Å². The van der Waals surface area contributed by atoms with Gasteiger partial charge in [0, 0.05) is 6.04 Å². The monoisotopic (exact) mass is 303 g/mol. The quantitative estimate of drug-likeness (QED) is 0.900. The first-order valence-corrected chi connectivity index (χ1v) is 8.60. The third-order valence-electron chi connectivity index (χ3n) is 4.45. The first-order valence-electron chi connectivity index (χ1n) is 8.60. The van der Waals surface area contributed by atoms with Crippen LogP contribution in [0.5, 0.6) is 5.75 Å². The van der Waals surface area contributed by atoms with Crippen molar-refractivity contribution in [2.24, 2.45) is 0 Å². The Morgan fingerprint density at radius 3 is 2.41 bits per heavy atom. The van der Waals surface area contributed by atoms with Gasteiger partial charge in [-0.1, -0.05) is 49.8 Å². The van der Waals surface area contributed by atoms with Gasteiger partial charge in [0.2, 0.25) is 0 Å². The molecule has 1 amide bonds. The Hall–Kier alpha value is -1.51. The van der Waals surface area contributed by atoms with E-state index < -0.39 is 6.10 Å². The Balaban J connectivity index is 1.88. The summed E-state index contributed by atoms with van der Waals surface area (Å²) in [5.74, 6) is 0.802. The van der Waals surface area contributed by atoms with Crippen LogP contribution in [0.2, 0.25) is 0 Å². The largest absolute Gasteiger partial charge is 0.481 e. The second kappa shape index (κ2) is 8.21. The van der Waals surface area contributed by atoms with Gasteiger partial charge in [-0.3, -0.25) is 4.79 Å². The number of rotatable bonds is 4. The summed E-state index contributed by atoms with van der Waals surface area (Å²) in [5, 5.41) is 3.17. The Bertz CT molecular complexity index is 490. The van der Waals surface area contributed by atoms with Crippen molar-refractivity contribution in [3.8, 4) is 5.75 Å². The summed E-state index contributed by atoms with van der Waals surface area (Å²) in [5.41, 5.74) is 2.28. The van der Waals surface area contributed by atoms with Crippen molar-refractivity contribution in [1.82, 2.24) is 5.32 Å². The van der Waals surface area contributed by atoms with E-state index in [4.69, 9.17) is 4.74 Å². The predicted octanol–water partition coefficient (Wildman–Crippen LogP) is 4.30. The Kier molecular flexibility index (Phi) is 6.29. The van der Waals surface area contributed by atoms with E-state index in [1.54, 1.807) is 0 Å². The lowest BCUT2D eigenvalue weighted by molar-refractivity contribution is -0.128. The van der Waals surface area contributed by atoms with Crippen molar-refractivity contribution >= 4 is 5.91 Å². The summed E-state index contributed by atoms with van der Waals surface area (Å²) in [4.78, 5) is 12.4. The minimum absolute atomic E-state index is 0.00514. The van der Waals surface area contributed by atoms with E-state index in [2.05, 4.69) is 18.3 Å². The van der Waals surface area contributed by atoms with Crippen LogP contribution in [0.25, 0.3) is 0 Å². The maximum Gasteiger partial charge on any atom is 0.260 e. The Morgan fingerprint density at radius 2 is 1.77 bits per heavy atom. The number of benzene rings is 1. The SMILES string of the molecule is Cc1ccc(O[C@H](C)C(=O)NC2CCCCCCC2)c(C)c1. The van der Waals surface area contributed by atoms with Gasteiger partial charge in [-0.15, -0.1) is 0 Å². The zero-order valence-corrected chi connectivity index (χ0v) is 14.2. The molecular weight excluding hydrogens is 274 g/mol. The normalized spacial score (nSPS) is 18.1. The van der Waals surface area contributed by atoms with Gasteiger partial charge in [-0.05, 0) is 45.2 Å². The summed E-state index contributed by atoms with van der Waals surface area (Å²) in [6.45, 7) is 5.90. The van der Waals surface area contributed by atoms with Gasteiger partial charge in [0.1, 0.15) is 5.75 Å². The van der Waals surface area contributed by atoms with Crippen LogP contribution in [-0.4, -0.2) is 18.1 Å². The van der Waals surface area contributed by atoms with E-state index in [9.17, 15) is 4.79 Å². The molecule has 1 atom stereocenters. The number of nitrogens with one attached hydrogen (secondary N) is 1. The molecule has 1 aromatic carbocycles. The molecule has 22 heavy (non-hydrogen) atoms. The van der Waals surface area contributed by atoms with Crippen molar-refractivity contribution in [2.45, 2.75) is 77.9 Å². The van der Waals surface area contributed by atoms with Gasteiger partial charge in [0.25, 0.3) is 5.91 Å². The summed E-state index contributed by atoms with van der Waals surface area (Å²) >= 11 is 0. The lowest BCUT2D eigenvalue weighted by atomic mass is 9.96. The maximum atomic E-state index is 12.4. The van der Waals surface area contributed by atoms with Crippen molar-refractivity contribution in [1.29, 1.82) is 0 Å². The van der Waals surface area contributed by atoms with E-state index in [-0.39, 0.29) is 5.91 Å². The molecule has 0 bridgehead atoms. The van der Waals surface area contributed by atoms with Crippen LogP contribution in [0.3, 0.4) is 0 Å². The average molecular weight is 303 g/mol. The molecule has 0 aliphatic heterocycles. The fraction of sp³-hybridized carbons (Fsp3) is 0.632. The van der Waals surface area contributed by atoms with Gasteiger partial charge in [-0.2, -0.15) is 0 Å². The number of hydrogen-bond acceptors (Lipinski definition) is 2.